The molecular formula is C18H21FN4O3. The maximum atomic E-state index is 13.0. The van der Waals surface area contributed by atoms with Crippen LogP contribution >= 0.6 is 0 Å². The Balaban J connectivity index is 1.81. The highest BCUT2D eigenvalue weighted by Gasteiger charge is 2.14. The number of rotatable bonds is 5. The molecule has 2 aromatic rings. The minimum Gasteiger partial charge on any atom is -0.494 e. The maximum Gasteiger partial charge on any atom is 0.331 e. The molecule has 1 aliphatic rings. The van der Waals surface area contributed by atoms with Gasteiger partial charge in [0.15, 0.2) is 0 Å². The summed E-state index contributed by atoms with van der Waals surface area (Å²) < 4.78 is 14.0. The van der Waals surface area contributed by atoms with Gasteiger partial charge in [0, 0.05) is 19.6 Å². The van der Waals surface area contributed by atoms with Crippen molar-refractivity contribution < 1.29 is 9.50 Å². The summed E-state index contributed by atoms with van der Waals surface area (Å²) in [7, 11) is 0. The predicted molar refractivity (Wildman–Crippen MR) is 96.1 cm³/mol. The molecule has 0 spiro atoms. The lowest BCUT2D eigenvalue weighted by molar-refractivity contribution is 0.240. The van der Waals surface area contributed by atoms with Crippen molar-refractivity contribution in [1.29, 1.82) is 0 Å². The number of hydrazone groups is 1. The Morgan fingerprint density at radius 2 is 1.85 bits per heavy atom. The van der Waals surface area contributed by atoms with Gasteiger partial charge in [0.05, 0.1) is 6.21 Å². The van der Waals surface area contributed by atoms with Crippen molar-refractivity contribution in [2.45, 2.75) is 32.2 Å². The molecule has 2 heterocycles. The van der Waals surface area contributed by atoms with Gasteiger partial charge in [-0.05, 0) is 43.4 Å². The number of aromatic hydroxyl groups is 1. The number of hydrogen-bond acceptors (Lipinski definition) is 5. The summed E-state index contributed by atoms with van der Waals surface area (Å²) in [4.78, 5) is 26.2. The third kappa shape index (κ3) is 4.19. The van der Waals surface area contributed by atoms with Crippen molar-refractivity contribution in [1.82, 2.24) is 14.6 Å². The lowest BCUT2D eigenvalue weighted by atomic mass is 10.1. The van der Waals surface area contributed by atoms with Crippen LogP contribution in [0.4, 0.5) is 4.39 Å². The van der Waals surface area contributed by atoms with Crippen molar-refractivity contribution in [3.8, 4) is 5.88 Å². The number of halogens is 1. The Bertz CT molecular complexity index is 896. The molecule has 1 saturated heterocycles. The standard InChI is InChI=1S/C18H21FN4O3/c19-14-6-4-13(5-7-14)8-11-23-17(25)15(16(24)21-18(23)26)12-20-22-9-2-1-3-10-22/h4-7,12,25H,1-3,8-11H2,(H,21,24,26). The second-order valence-corrected chi connectivity index (χ2v) is 6.28. The van der Waals surface area contributed by atoms with Crippen LogP contribution in [-0.4, -0.2) is 39.0 Å². The van der Waals surface area contributed by atoms with Crippen LogP contribution in [0.25, 0.3) is 0 Å². The molecule has 0 atom stereocenters. The maximum absolute atomic E-state index is 13.0. The summed E-state index contributed by atoms with van der Waals surface area (Å²) in [5.74, 6) is -0.754. The van der Waals surface area contributed by atoms with Crippen LogP contribution in [0, 0.1) is 5.82 Å². The quantitative estimate of drug-likeness (QED) is 0.790. The van der Waals surface area contributed by atoms with Gasteiger partial charge in [0.25, 0.3) is 5.56 Å². The molecule has 1 fully saturated rings. The van der Waals surface area contributed by atoms with E-state index < -0.39 is 17.1 Å². The van der Waals surface area contributed by atoms with Crippen molar-refractivity contribution in [2.75, 3.05) is 13.1 Å². The lowest BCUT2D eigenvalue weighted by Gasteiger charge is -2.23. The molecule has 0 aliphatic carbocycles. The number of aromatic nitrogens is 2. The van der Waals surface area contributed by atoms with E-state index in [1.807, 2.05) is 5.01 Å². The molecule has 0 unspecified atom stereocenters. The monoisotopic (exact) mass is 360 g/mol. The fourth-order valence-corrected chi connectivity index (χ4v) is 2.92. The molecule has 1 aromatic heterocycles. The number of hydrogen-bond donors (Lipinski definition) is 2. The molecule has 0 amide bonds. The van der Waals surface area contributed by atoms with Gasteiger partial charge >= 0.3 is 5.69 Å². The van der Waals surface area contributed by atoms with Crippen molar-refractivity contribution in [2.24, 2.45) is 5.10 Å². The molecule has 1 aromatic carbocycles. The van der Waals surface area contributed by atoms with Crippen LogP contribution < -0.4 is 11.2 Å². The van der Waals surface area contributed by atoms with Gasteiger partial charge in [0.1, 0.15) is 11.4 Å². The van der Waals surface area contributed by atoms with Crippen LogP contribution in [0.3, 0.4) is 0 Å². The number of aromatic amines is 1. The highest BCUT2D eigenvalue weighted by molar-refractivity contribution is 5.81. The average molecular weight is 360 g/mol. The Labute approximate surface area is 149 Å². The first-order valence-electron chi connectivity index (χ1n) is 8.64. The predicted octanol–water partition coefficient (Wildman–Crippen LogP) is 1.44. The van der Waals surface area contributed by atoms with E-state index in [2.05, 4.69) is 10.1 Å². The molecule has 0 radical (unpaired) electrons. The molecule has 8 heteroatoms. The molecule has 0 saturated carbocycles. The van der Waals surface area contributed by atoms with Gasteiger partial charge in [-0.2, -0.15) is 5.10 Å². The van der Waals surface area contributed by atoms with Gasteiger partial charge in [0.2, 0.25) is 5.88 Å². The third-order valence-corrected chi connectivity index (χ3v) is 4.43. The SMILES string of the molecule is O=c1[nH]c(=O)n(CCc2ccc(F)cc2)c(O)c1C=NN1CCCCC1. The number of piperidine rings is 1. The fourth-order valence-electron chi connectivity index (χ4n) is 2.92. The molecule has 2 N–H and O–H groups in total. The van der Waals surface area contributed by atoms with E-state index in [1.54, 1.807) is 12.1 Å². The zero-order chi connectivity index (χ0) is 18.5. The van der Waals surface area contributed by atoms with E-state index in [9.17, 15) is 19.1 Å². The van der Waals surface area contributed by atoms with E-state index in [4.69, 9.17) is 0 Å². The van der Waals surface area contributed by atoms with E-state index in [-0.39, 0.29) is 17.9 Å². The summed E-state index contributed by atoms with van der Waals surface area (Å²) in [5.41, 5.74) is -0.599. The second kappa shape index (κ2) is 7.99. The van der Waals surface area contributed by atoms with Gasteiger partial charge in [-0.1, -0.05) is 12.1 Å². The molecule has 1 aliphatic heterocycles. The summed E-state index contributed by atoms with van der Waals surface area (Å²) in [6.07, 6.45) is 4.94. The van der Waals surface area contributed by atoms with E-state index >= 15 is 0 Å². The molecular weight excluding hydrogens is 339 g/mol. The molecule has 0 bridgehead atoms. The van der Waals surface area contributed by atoms with Gasteiger partial charge < -0.3 is 5.11 Å². The first-order chi connectivity index (χ1) is 12.5. The molecule has 3 rings (SSSR count). The minimum atomic E-state index is -0.690. The molecule has 7 nitrogen and oxygen atoms in total. The Kier molecular flexibility index (Phi) is 5.50. The summed E-state index contributed by atoms with van der Waals surface area (Å²) in [6, 6.07) is 5.90. The highest BCUT2D eigenvalue weighted by Crippen LogP contribution is 2.12. The average Bonchev–Trinajstić information content (AvgIpc) is 2.63. The first-order valence-corrected chi connectivity index (χ1v) is 8.64. The Hall–Kier alpha value is -2.90. The van der Waals surface area contributed by atoms with Gasteiger partial charge in [-0.3, -0.25) is 19.4 Å². The largest absolute Gasteiger partial charge is 0.494 e. The van der Waals surface area contributed by atoms with E-state index in [0.29, 0.717) is 6.42 Å². The Morgan fingerprint density at radius 3 is 2.54 bits per heavy atom. The fraction of sp³-hybridized carbons (Fsp3) is 0.389. The summed E-state index contributed by atoms with van der Waals surface area (Å²) >= 11 is 0. The molecule has 26 heavy (non-hydrogen) atoms. The first kappa shape index (κ1) is 17.9. The Morgan fingerprint density at radius 1 is 1.15 bits per heavy atom. The van der Waals surface area contributed by atoms with Gasteiger partial charge in [-0.15, -0.1) is 0 Å². The topological polar surface area (TPSA) is 90.7 Å². The zero-order valence-electron chi connectivity index (χ0n) is 14.3. The zero-order valence-corrected chi connectivity index (χ0v) is 14.3. The van der Waals surface area contributed by atoms with Crippen LogP contribution in [0.15, 0.2) is 39.0 Å². The van der Waals surface area contributed by atoms with Crippen LogP contribution in [-0.2, 0) is 13.0 Å². The smallest absolute Gasteiger partial charge is 0.331 e. The summed E-state index contributed by atoms with van der Waals surface area (Å²) in [6.45, 7) is 1.76. The van der Waals surface area contributed by atoms with Crippen LogP contribution in [0.5, 0.6) is 5.88 Å². The number of nitrogens with one attached hydrogen (secondary N) is 1. The number of benzene rings is 1. The van der Waals surface area contributed by atoms with E-state index in [1.165, 1.54) is 18.3 Å². The van der Waals surface area contributed by atoms with Crippen molar-refractivity contribution >= 4 is 6.21 Å². The summed E-state index contributed by atoms with van der Waals surface area (Å²) in [5, 5.41) is 16.5. The van der Waals surface area contributed by atoms with Crippen molar-refractivity contribution in [3.63, 3.8) is 0 Å². The van der Waals surface area contributed by atoms with E-state index in [0.717, 1.165) is 42.5 Å². The van der Waals surface area contributed by atoms with Crippen LogP contribution in [0.1, 0.15) is 30.4 Å². The normalized spacial score (nSPS) is 14.9. The molecule has 138 valence electrons. The van der Waals surface area contributed by atoms with Crippen molar-refractivity contribution in [3.05, 3.63) is 62.0 Å². The lowest BCUT2D eigenvalue weighted by Crippen LogP contribution is -2.33. The number of aryl methyl sites for hydroxylation is 1. The number of H-pyrrole nitrogens is 1. The number of nitrogens with zero attached hydrogens (tertiary/aromatic N) is 3. The minimum absolute atomic E-state index is 0.0470. The second-order valence-electron chi connectivity index (χ2n) is 6.28. The third-order valence-electron chi connectivity index (χ3n) is 4.43. The highest BCUT2D eigenvalue weighted by atomic mass is 19.1. The van der Waals surface area contributed by atoms with Gasteiger partial charge in [-0.25, -0.2) is 9.18 Å². The van der Waals surface area contributed by atoms with Crippen LogP contribution in [0.2, 0.25) is 0 Å².